The zero-order chi connectivity index (χ0) is 21.4. The standard InChI is InChI=1S/C21H22N4O5/c1-4-29-21(28)17-16-18(30-23-17)22-13(3)25(20(16)27)12(2)19(26)24-11-7-9-14-8-5-6-10-15(14)24/h5-6,8,10,12H,4,7,9,11H2,1-3H3/t12-/m1/s1. The fraction of sp³-hybridized carbons (Fsp3) is 0.381. The summed E-state index contributed by atoms with van der Waals surface area (Å²) in [4.78, 5) is 44.7. The van der Waals surface area contributed by atoms with Gasteiger partial charge >= 0.3 is 5.97 Å². The molecule has 1 aromatic carbocycles. The second-order valence-electron chi connectivity index (χ2n) is 7.16. The molecule has 156 valence electrons. The number of nitrogens with zero attached hydrogens (tertiary/aromatic N) is 4. The molecule has 3 aromatic rings. The number of anilines is 1. The largest absolute Gasteiger partial charge is 0.461 e. The van der Waals surface area contributed by atoms with Gasteiger partial charge < -0.3 is 14.2 Å². The summed E-state index contributed by atoms with van der Waals surface area (Å²) in [7, 11) is 0. The van der Waals surface area contributed by atoms with Crippen LogP contribution in [-0.2, 0) is 16.0 Å². The van der Waals surface area contributed by atoms with Crippen molar-refractivity contribution in [3.8, 4) is 0 Å². The van der Waals surface area contributed by atoms with Gasteiger partial charge in [0.15, 0.2) is 0 Å². The van der Waals surface area contributed by atoms with Crippen LogP contribution < -0.4 is 10.5 Å². The minimum Gasteiger partial charge on any atom is -0.461 e. The second kappa shape index (κ2) is 7.74. The van der Waals surface area contributed by atoms with E-state index < -0.39 is 17.6 Å². The van der Waals surface area contributed by atoms with Crippen molar-refractivity contribution in [3.05, 3.63) is 51.7 Å². The highest BCUT2D eigenvalue weighted by molar-refractivity contribution is 6.00. The zero-order valence-electron chi connectivity index (χ0n) is 17.0. The van der Waals surface area contributed by atoms with Crippen molar-refractivity contribution < 1.29 is 18.8 Å². The zero-order valence-corrected chi connectivity index (χ0v) is 17.0. The summed E-state index contributed by atoms with van der Waals surface area (Å²) in [6, 6.07) is 6.93. The Labute approximate surface area is 172 Å². The maximum atomic E-state index is 13.4. The van der Waals surface area contributed by atoms with Crippen LogP contribution in [0.25, 0.3) is 11.1 Å². The highest BCUT2D eigenvalue weighted by atomic mass is 16.5. The quantitative estimate of drug-likeness (QED) is 0.608. The number of aryl methyl sites for hydroxylation is 2. The first kappa shape index (κ1) is 19.8. The smallest absolute Gasteiger partial charge is 0.361 e. The molecule has 1 amide bonds. The van der Waals surface area contributed by atoms with Crippen molar-refractivity contribution in [2.75, 3.05) is 18.1 Å². The maximum absolute atomic E-state index is 13.4. The molecule has 0 saturated carbocycles. The lowest BCUT2D eigenvalue weighted by atomic mass is 10.0. The van der Waals surface area contributed by atoms with E-state index in [-0.39, 0.29) is 29.3 Å². The SMILES string of the molecule is CCOC(=O)c1noc2nc(C)n([C@H](C)C(=O)N3CCCc4ccccc43)c(=O)c12. The van der Waals surface area contributed by atoms with E-state index >= 15 is 0 Å². The van der Waals surface area contributed by atoms with Gasteiger partial charge in [-0.25, -0.2) is 4.79 Å². The van der Waals surface area contributed by atoms with Gasteiger partial charge in [-0.2, -0.15) is 4.98 Å². The molecule has 0 unspecified atom stereocenters. The van der Waals surface area contributed by atoms with E-state index in [1.807, 2.05) is 24.3 Å². The van der Waals surface area contributed by atoms with Crippen LogP contribution >= 0.6 is 0 Å². The Morgan fingerprint density at radius 3 is 2.83 bits per heavy atom. The van der Waals surface area contributed by atoms with E-state index in [0.717, 1.165) is 24.1 Å². The summed E-state index contributed by atoms with van der Waals surface area (Å²) in [5.74, 6) is -0.692. The molecule has 9 nitrogen and oxygen atoms in total. The molecular weight excluding hydrogens is 388 g/mol. The van der Waals surface area contributed by atoms with E-state index in [1.54, 1.807) is 25.7 Å². The average molecular weight is 410 g/mol. The number of carbonyl (C=O) groups excluding carboxylic acids is 2. The lowest BCUT2D eigenvalue weighted by Gasteiger charge is -2.32. The molecule has 0 fully saturated rings. The van der Waals surface area contributed by atoms with Crippen LogP contribution in [-0.4, -0.2) is 39.7 Å². The van der Waals surface area contributed by atoms with Crippen molar-refractivity contribution in [1.82, 2.24) is 14.7 Å². The van der Waals surface area contributed by atoms with Crippen LogP contribution in [0, 0.1) is 6.92 Å². The average Bonchev–Trinajstić information content (AvgIpc) is 3.17. The normalized spacial score (nSPS) is 14.4. The minimum atomic E-state index is -0.828. The first-order chi connectivity index (χ1) is 14.4. The van der Waals surface area contributed by atoms with Gasteiger partial charge in [0.1, 0.15) is 17.3 Å². The predicted molar refractivity (Wildman–Crippen MR) is 109 cm³/mol. The summed E-state index contributed by atoms with van der Waals surface area (Å²) in [6.07, 6.45) is 1.75. The monoisotopic (exact) mass is 410 g/mol. The van der Waals surface area contributed by atoms with Gasteiger partial charge in [-0.15, -0.1) is 0 Å². The summed E-state index contributed by atoms with van der Waals surface area (Å²) in [5, 5.41) is 3.57. The van der Waals surface area contributed by atoms with Crippen LogP contribution in [0.5, 0.6) is 0 Å². The third kappa shape index (κ3) is 3.16. The highest BCUT2D eigenvalue weighted by Gasteiger charge is 2.31. The molecule has 0 spiro atoms. The van der Waals surface area contributed by atoms with Crippen LogP contribution in [0.1, 0.15) is 48.2 Å². The van der Waals surface area contributed by atoms with E-state index in [2.05, 4.69) is 10.1 Å². The lowest BCUT2D eigenvalue weighted by molar-refractivity contribution is -0.121. The van der Waals surface area contributed by atoms with Gasteiger partial charge in [-0.3, -0.25) is 14.2 Å². The van der Waals surface area contributed by atoms with Crippen molar-refractivity contribution in [1.29, 1.82) is 0 Å². The number of hydrogen-bond donors (Lipinski definition) is 0. The number of esters is 1. The Morgan fingerprint density at radius 2 is 2.07 bits per heavy atom. The van der Waals surface area contributed by atoms with Crippen molar-refractivity contribution in [3.63, 3.8) is 0 Å². The number of hydrogen-bond acceptors (Lipinski definition) is 7. The fourth-order valence-electron chi connectivity index (χ4n) is 3.91. The molecule has 1 atom stereocenters. The Hall–Kier alpha value is -3.49. The number of fused-ring (bicyclic) bond motifs is 2. The predicted octanol–water partition coefficient (Wildman–Crippen LogP) is 2.41. The van der Waals surface area contributed by atoms with Gasteiger partial charge in [-0.05, 0) is 45.2 Å². The number of rotatable bonds is 4. The molecule has 30 heavy (non-hydrogen) atoms. The molecule has 3 heterocycles. The number of ether oxygens (including phenoxy) is 1. The summed E-state index contributed by atoms with van der Waals surface area (Å²) < 4.78 is 11.3. The van der Waals surface area contributed by atoms with Gasteiger partial charge in [0.05, 0.1) is 6.61 Å². The van der Waals surface area contributed by atoms with Crippen LogP contribution in [0.2, 0.25) is 0 Å². The summed E-state index contributed by atoms with van der Waals surface area (Å²) in [6.45, 7) is 5.62. The van der Waals surface area contributed by atoms with Gasteiger partial charge in [0, 0.05) is 12.2 Å². The Bertz CT molecular complexity index is 1200. The highest BCUT2D eigenvalue weighted by Crippen LogP contribution is 2.29. The number of benzene rings is 1. The van der Waals surface area contributed by atoms with Gasteiger partial charge in [-0.1, -0.05) is 23.4 Å². The molecule has 1 aliphatic rings. The van der Waals surface area contributed by atoms with Crippen LogP contribution in [0.15, 0.2) is 33.6 Å². The number of amides is 1. The lowest BCUT2D eigenvalue weighted by Crippen LogP contribution is -2.42. The Balaban J connectivity index is 1.78. The van der Waals surface area contributed by atoms with Crippen LogP contribution in [0.4, 0.5) is 5.69 Å². The van der Waals surface area contributed by atoms with Gasteiger partial charge in [0.25, 0.3) is 11.3 Å². The summed E-state index contributed by atoms with van der Waals surface area (Å²) >= 11 is 0. The van der Waals surface area contributed by atoms with Gasteiger partial charge in [0.2, 0.25) is 11.6 Å². The Kier molecular flexibility index (Phi) is 5.11. The molecule has 2 aromatic heterocycles. The summed E-state index contributed by atoms with van der Waals surface area (Å²) in [5.41, 5.74) is 1.11. The van der Waals surface area contributed by atoms with E-state index in [0.29, 0.717) is 12.4 Å². The van der Waals surface area contributed by atoms with Crippen molar-refractivity contribution >= 4 is 28.7 Å². The second-order valence-corrected chi connectivity index (χ2v) is 7.16. The first-order valence-corrected chi connectivity index (χ1v) is 9.89. The van der Waals surface area contributed by atoms with Crippen LogP contribution in [0.3, 0.4) is 0 Å². The van der Waals surface area contributed by atoms with Crippen molar-refractivity contribution in [2.45, 2.75) is 39.7 Å². The number of para-hydroxylation sites is 1. The molecule has 0 radical (unpaired) electrons. The van der Waals surface area contributed by atoms with E-state index in [9.17, 15) is 14.4 Å². The maximum Gasteiger partial charge on any atom is 0.361 e. The van der Waals surface area contributed by atoms with E-state index in [1.165, 1.54) is 4.57 Å². The molecule has 1 aliphatic heterocycles. The molecule has 0 N–H and O–H groups in total. The molecule has 0 aliphatic carbocycles. The number of carbonyl (C=O) groups is 2. The molecule has 9 heteroatoms. The fourth-order valence-corrected chi connectivity index (χ4v) is 3.91. The Morgan fingerprint density at radius 1 is 1.30 bits per heavy atom. The van der Waals surface area contributed by atoms with E-state index in [4.69, 9.17) is 9.26 Å². The number of aromatic nitrogens is 3. The molecule has 4 rings (SSSR count). The third-order valence-electron chi connectivity index (χ3n) is 5.31. The molecule has 0 saturated heterocycles. The third-order valence-corrected chi connectivity index (χ3v) is 5.31. The first-order valence-electron chi connectivity index (χ1n) is 9.89. The molecular formula is C21H22N4O5. The minimum absolute atomic E-state index is 0.0558. The molecule has 0 bridgehead atoms. The van der Waals surface area contributed by atoms with Crippen molar-refractivity contribution in [2.24, 2.45) is 0 Å². The topological polar surface area (TPSA) is 108 Å².